The molecule has 0 unspecified atom stereocenters. The van der Waals surface area contributed by atoms with Gasteiger partial charge in [-0.1, -0.05) is 12.1 Å². The van der Waals surface area contributed by atoms with Gasteiger partial charge in [-0.2, -0.15) is 0 Å². The number of ether oxygens (including phenoxy) is 3. The second-order valence-electron chi connectivity index (χ2n) is 7.26. The third-order valence-corrected chi connectivity index (χ3v) is 4.50. The van der Waals surface area contributed by atoms with Crippen LogP contribution in [0.2, 0.25) is 0 Å². The monoisotopic (exact) mass is 423 g/mol. The zero-order chi connectivity index (χ0) is 22.2. The number of aryl methyl sites for hydroxylation is 1. The van der Waals surface area contributed by atoms with Crippen molar-refractivity contribution in [1.29, 1.82) is 0 Å². The minimum absolute atomic E-state index is 0.0140. The number of Topliss-reactive ketones (excluding diaryl/α,β-unsaturated/α-hetero) is 1. The highest BCUT2D eigenvalue weighted by Gasteiger charge is 2.15. The SMILES string of the molecule is CCOc1ccc(-c2nc(CCC(=O)c3ccccc3OCC)co2)cc1OC(C)C. The molecule has 0 amide bonds. The molecular formula is C25H29NO5. The van der Waals surface area contributed by atoms with Crippen molar-refractivity contribution in [3.05, 3.63) is 60.0 Å². The Kier molecular flexibility index (Phi) is 7.70. The van der Waals surface area contributed by atoms with E-state index in [4.69, 9.17) is 18.6 Å². The van der Waals surface area contributed by atoms with Crippen LogP contribution in [0.4, 0.5) is 0 Å². The lowest BCUT2D eigenvalue weighted by Crippen LogP contribution is -2.07. The van der Waals surface area contributed by atoms with Crippen molar-refractivity contribution >= 4 is 5.78 Å². The highest BCUT2D eigenvalue weighted by atomic mass is 16.5. The number of aromatic nitrogens is 1. The molecule has 164 valence electrons. The Bertz CT molecular complexity index is 1010. The molecule has 0 fully saturated rings. The first-order valence-corrected chi connectivity index (χ1v) is 10.6. The molecule has 3 aromatic rings. The van der Waals surface area contributed by atoms with Crippen LogP contribution in [0.25, 0.3) is 11.5 Å². The zero-order valence-electron chi connectivity index (χ0n) is 18.5. The van der Waals surface area contributed by atoms with Crippen molar-refractivity contribution in [3.8, 4) is 28.7 Å². The first-order chi connectivity index (χ1) is 15.0. The van der Waals surface area contributed by atoms with Gasteiger partial charge >= 0.3 is 0 Å². The quantitative estimate of drug-likeness (QED) is 0.366. The molecule has 6 heteroatoms. The molecule has 0 radical (unpaired) electrons. The highest BCUT2D eigenvalue weighted by Crippen LogP contribution is 2.33. The molecule has 31 heavy (non-hydrogen) atoms. The summed E-state index contributed by atoms with van der Waals surface area (Å²) in [5.41, 5.74) is 2.10. The maximum Gasteiger partial charge on any atom is 0.226 e. The summed E-state index contributed by atoms with van der Waals surface area (Å²) >= 11 is 0. The lowest BCUT2D eigenvalue weighted by Gasteiger charge is -2.15. The highest BCUT2D eigenvalue weighted by molar-refractivity contribution is 5.98. The van der Waals surface area contributed by atoms with Crippen molar-refractivity contribution in [2.75, 3.05) is 13.2 Å². The molecule has 0 saturated heterocycles. The minimum atomic E-state index is 0.0140. The van der Waals surface area contributed by atoms with E-state index in [2.05, 4.69) is 4.98 Å². The second kappa shape index (κ2) is 10.7. The third-order valence-electron chi connectivity index (χ3n) is 4.50. The average Bonchev–Trinajstić information content (AvgIpc) is 3.23. The number of ketones is 1. The summed E-state index contributed by atoms with van der Waals surface area (Å²) in [5.74, 6) is 2.45. The van der Waals surface area contributed by atoms with Gasteiger partial charge in [-0.05, 0) is 58.0 Å². The Morgan fingerprint density at radius 2 is 1.74 bits per heavy atom. The summed E-state index contributed by atoms with van der Waals surface area (Å²) in [4.78, 5) is 17.2. The van der Waals surface area contributed by atoms with Crippen LogP contribution in [0.3, 0.4) is 0 Å². The molecule has 0 bridgehead atoms. The van der Waals surface area contributed by atoms with Gasteiger partial charge in [-0.25, -0.2) is 4.98 Å². The van der Waals surface area contributed by atoms with Gasteiger partial charge in [0.2, 0.25) is 5.89 Å². The number of para-hydroxylation sites is 1. The van der Waals surface area contributed by atoms with Gasteiger partial charge in [0.15, 0.2) is 17.3 Å². The molecule has 0 N–H and O–H groups in total. The fourth-order valence-electron chi connectivity index (χ4n) is 3.17. The van der Waals surface area contributed by atoms with Crippen molar-refractivity contribution in [2.24, 2.45) is 0 Å². The molecule has 0 spiro atoms. The largest absolute Gasteiger partial charge is 0.493 e. The van der Waals surface area contributed by atoms with E-state index in [0.29, 0.717) is 54.8 Å². The topological polar surface area (TPSA) is 70.8 Å². The van der Waals surface area contributed by atoms with Crippen molar-refractivity contribution < 1.29 is 23.4 Å². The summed E-state index contributed by atoms with van der Waals surface area (Å²) in [6, 6.07) is 12.9. The van der Waals surface area contributed by atoms with Crippen LogP contribution < -0.4 is 14.2 Å². The van der Waals surface area contributed by atoms with Crippen LogP contribution >= 0.6 is 0 Å². The zero-order valence-corrected chi connectivity index (χ0v) is 18.5. The number of carbonyl (C=O) groups excluding carboxylic acids is 1. The van der Waals surface area contributed by atoms with Gasteiger partial charge in [0.25, 0.3) is 0 Å². The summed E-state index contributed by atoms with van der Waals surface area (Å²) in [6.07, 6.45) is 2.41. The number of hydrogen-bond donors (Lipinski definition) is 0. The van der Waals surface area contributed by atoms with E-state index in [9.17, 15) is 4.79 Å². The molecule has 6 nitrogen and oxygen atoms in total. The summed E-state index contributed by atoms with van der Waals surface area (Å²) < 4.78 is 22.7. The standard InChI is InChI=1S/C25H29NO5/c1-5-28-22-10-8-7-9-20(22)21(27)13-12-19-16-30-25(26-19)18-11-14-23(29-6-2)24(15-18)31-17(3)4/h7-11,14-17H,5-6,12-13H2,1-4H3. The molecule has 0 saturated carbocycles. The Morgan fingerprint density at radius 3 is 2.48 bits per heavy atom. The van der Waals surface area contributed by atoms with E-state index in [1.165, 1.54) is 0 Å². The van der Waals surface area contributed by atoms with Crippen LogP contribution in [0.15, 0.2) is 53.1 Å². The lowest BCUT2D eigenvalue weighted by molar-refractivity contribution is 0.0979. The molecular weight excluding hydrogens is 394 g/mol. The first kappa shape index (κ1) is 22.4. The van der Waals surface area contributed by atoms with Gasteiger partial charge in [0.1, 0.15) is 12.0 Å². The third kappa shape index (κ3) is 5.87. The molecule has 3 rings (SSSR count). The van der Waals surface area contributed by atoms with E-state index in [0.717, 1.165) is 11.3 Å². The van der Waals surface area contributed by atoms with Crippen LogP contribution in [-0.2, 0) is 6.42 Å². The number of nitrogens with zero attached hydrogens (tertiary/aromatic N) is 1. The van der Waals surface area contributed by atoms with Crippen molar-refractivity contribution in [1.82, 2.24) is 4.98 Å². The van der Waals surface area contributed by atoms with Crippen LogP contribution in [0, 0.1) is 0 Å². The predicted molar refractivity (Wildman–Crippen MR) is 119 cm³/mol. The van der Waals surface area contributed by atoms with E-state index in [1.54, 1.807) is 12.3 Å². The summed E-state index contributed by atoms with van der Waals surface area (Å²) in [6.45, 7) is 8.83. The molecule has 1 aromatic heterocycles. The maximum absolute atomic E-state index is 12.7. The van der Waals surface area contributed by atoms with Crippen LogP contribution in [-0.4, -0.2) is 30.1 Å². The molecule has 1 heterocycles. The predicted octanol–water partition coefficient (Wildman–Crippen LogP) is 5.74. The first-order valence-electron chi connectivity index (χ1n) is 10.6. The van der Waals surface area contributed by atoms with Gasteiger partial charge in [0, 0.05) is 18.4 Å². The van der Waals surface area contributed by atoms with Crippen molar-refractivity contribution in [3.63, 3.8) is 0 Å². The Hall–Kier alpha value is -3.28. The number of hydrogen-bond acceptors (Lipinski definition) is 6. The molecule has 2 aromatic carbocycles. The molecule has 0 aliphatic carbocycles. The Labute approximate surface area is 183 Å². The Balaban J connectivity index is 1.71. The number of oxazole rings is 1. The van der Waals surface area contributed by atoms with Gasteiger partial charge in [0.05, 0.1) is 30.6 Å². The Morgan fingerprint density at radius 1 is 1.00 bits per heavy atom. The number of rotatable bonds is 11. The van der Waals surface area contributed by atoms with E-state index >= 15 is 0 Å². The van der Waals surface area contributed by atoms with Gasteiger partial charge in [-0.3, -0.25) is 4.79 Å². The van der Waals surface area contributed by atoms with E-state index in [1.807, 2.05) is 64.1 Å². The second-order valence-corrected chi connectivity index (χ2v) is 7.26. The fraction of sp³-hybridized carbons (Fsp3) is 0.360. The van der Waals surface area contributed by atoms with Gasteiger partial charge < -0.3 is 18.6 Å². The van der Waals surface area contributed by atoms with Crippen LogP contribution in [0.1, 0.15) is 50.2 Å². The average molecular weight is 424 g/mol. The fourth-order valence-corrected chi connectivity index (χ4v) is 3.17. The number of benzene rings is 2. The molecule has 0 atom stereocenters. The minimum Gasteiger partial charge on any atom is -0.493 e. The van der Waals surface area contributed by atoms with Crippen molar-refractivity contribution in [2.45, 2.75) is 46.6 Å². The summed E-state index contributed by atoms with van der Waals surface area (Å²) in [5, 5.41) is 0. The summed E-state index contributed by atoms with van der Waals surface area (Å²) in [7, 11) is 0. The smallest absolute Gasteiger partial charge is 0.226 e. The normalized spacial score (nSPS) is 10.9. The van der Waals surface area contributed by atoms with Crippen LogP contribution in [0.5, 0.6) is 17.2 Å². The maximum atomic E-state index is 12.7. The van der Waals surface area contributed by atoms with Gasteiger partial charge in [-0.15, -0.1) is 0 Å². The van der Waals surface area contributed by atoms with E-state index in [-0.39, 0.29) is 11.9 Å². The molecule has 0 aliphatic rings. The van der Waals surface area contributed by atoms with E-state index < -0.39 is 0 Å². The molecule has 0 aliphatic heterocycles. The lowest BCUT2D eigenvalue weighted by atomic mass is 10.0. The number of carbonyl (C=O) groups is 1.